The number of aryl methyl sites for hydroxylation is 1. The fraction of sp³-hybridized carbons (Fsp3) is 0.455. The molecule has 0 aliphatic rings. The van der Waals surface area contributed by atoms with Gasteiger partial charge in [0.25, 0.3) is 10.1 Å². The van der Waals surface area contributed by atoms with Gasteiger partial charge < -0.3 is 9.84 Å². The van der Waals surface area contributed by atoms with E-state index in [0.717, 1.165) is 12.8 Å². The van der Waals surface area contributed by atoms with Gasteiger partial charge in [0.15, 0.2) is 0 Å². The van der Waals surface area contributed by atoms with Gasteiger partial charge in [0, 0.05) is 0 Å². The summed E-state index contributed by atoms with van der Waals surface area (Å²) in [6, 6.07) is 10.7. The van der Waals surface area contributed by atoms with Crippen LogP contribution in [0.4, 0.5) is 0 Å². The van der Waals surface area contributed by atoms with E-state index in [1.165, 1.54) is 62.8 Å². The Bertz CT molecular complexity index is 852. The molecule has 0 aromatic heterocycles. The number of hydrogen-bond acceptors (Lipinski definition) is 4. The van der Waals surface area contributed by atoms with E-state index < -0.39 is 10.1 Å². The van der Waals surface area contributed by atoms with E-state index in [2.05, 4.69) is 6.92 Å². The zero-order chi connectivity index (χ0) is 20.4. The van der Waals surface area contributed by atoms with E-state index in [9.17, 15) is 18.1 Å². The predicted octanol–water partition coefficient (Wildman–Crippen LogP) is 2.49. The second-order valence-corrected chi connectivity index (χ2v) is 8.38. The van der Waals surface area contributed by atoms with Crippen molar-refractivity contribution < 1.29 is 74.2 Å². The van der Waals surface area contributed by atoms with Gasteiger partial charge in [0.1, 0.15) is 16.4 Å². The summed E-state index contributed by atoms with van der Waals surface area (Å²) < 4.78 is 37.8. The number of rotatable bonds is 12. The minimum atomic E-state index is -4.43. The van der Waals surface area contributed by atoms with Crippen molar-refractivity contribution in [2.24, 2.45) is 0 Å². The van der Waals surface area contributed by atoms with Crippen LogP contribution in [0.3, 0.4) is 0 Å². The van der Waals surface area contributed by atoms with Gasteiger partial charge in [0.05, 0.1) is 0 Å². The van der Waals surface area contributed by atoms with E-state index in [-0.39, 0.29) is 73.5 Å². The summed E-state index contributed by atoms with van der Waals surface area (Å²) in [4.78, 5) is -0.358. The van der Waals surface area contributed by atoms with Crippen LogP contribution in [-0.4, -0.2) is 13.0 Å². The molecule has 1 N–H and O–H groups in total. The summed E-state index contributed by atoms with van der Waals surface area (Å²) in [7, 11) is -4.43. The van der Waals surface area contributed by atoms with E-state index in [1.807, 2.05) is 0 Å². The van der Waals surface area contributed by atoms with Crippen molar-refractivity contribution in [2.75, 3.05) is 0 Å². The standard InChI is InChI=1S/C22H30O5S.K/c1-2-3-4-5-6-7-8-9-13-18-14-12-16-20(22(18)23)27-19-15-10-11-17-21(19)28(24,25)26;/h10-12,14-17,23H,2-9,13H2,1H3,(H,24,25,26);/q;+1/p-1. The van der Waals surface area contributed by atoms with Crippen LogP contribution < -0.4 is 61.2 Å². The average Bonchev–Trinajstić information content (AvgIpc) is 2.66. The Labute approximate surface area is 217 Å². The van der Waals surface area contributed by atoms with Crippen molar-refractivity contribution in [3.8, 4) is 17.2 Å². The molecule has 0 saturated heterocycles. The summed E-state index contributed by atoms with van der Waals surface area (Å²) in [6.07, 6.45) is 10.2. The van der Waals surface area contributed by atoms with Gasteiger partial charge in [-0.3, -0.25) is 4.55 Å². The van der Waals surface area contributed by atoms with E-state index in [1.54, 1.807) is 18.2 Å². The minimum Gasteiger partial charge on any atom is -0.870 e. The molecular weight excluding hydrogens is 415 g/mol. The smallest absolute Gasteiger partial charge is 0.870 e. The van der Waals surface area contributed by atoms with Crippen LogP contribution in [-0.2, 0) is 16.5 Å². The molecule has 2 aromatic rings. The Hall–Kier alpha value is -0.414. The first-order valence-electron chi connectivity index (χ1n) is 9.96. The summed E-state index contributed by atoms with van der Waals surface area (Å²) in [5, 5.41) is 12.6. The molecule has 0 radical (unpaired) electrons. The molecule has 0 atom stereocenters. The van der Waals surface area contributed by atoms with E-state index in [4.69, 9.17) is 4.74 Å². The maximum Gasteiger partial charge on any atom is 1.00 e. The molecule has 0 fully saturated rings. The third kappa shape index (κ3) is 9.08. The third-order valence-corrected chi connectivity index (χ3v) is 5.60. The van der Waals surface area contributed by atoms with Crippen LogP contribution in [0.15, 0.2) is 47.4 Å². The molecule has 7 heteroatoms. The first-order chi connectivity index (χ1) is 13.4. The number of benzene rings is 2. The third-order valence-electron chi connectivity index (χ3n) is 4.71. The SMILES string of the molecule is CCCCCCCCCCc1cccc(Oc2ccccc2S(=O)(=O)O)c1[O-].[K+]. The van der Waals surface area contributed by atoms with Crippen LogP contribution in [0.1, 0.15) is 63.9 Å². The molecule has 2 aromatic carbocycles. The summed E-state index contributed by atoms with van der Waals surface area (Å²) in [5.74, 6) is -0.241. The summed E-state index contributed by atoms with van der Waals surface area (Å²) >= 11 is 0. The predicted molar refractivity (Wildman–Crippen MR) is 109 cm³/mol. The van der Waals surface area contributed by atoms with Gasteiger partial charge in [-0.1, -0.05) is 87.4 Å². The van der Waals surface area contributed by atoms with Crippen LogP contribution in [0.5, 0.6) is 17.2 Å². The van der Waals surface area contributed by atoms with Gasteiger partial charge in [-0.05, 0) is 31.0 Å². The molecule has 5 nitrogen and oxygen atoms in total. The molecule has 0 saturated carbocycles. The molecule has 2 rings (SSSR count). The molecule has 0 spiro atoms. The van der Waals surface area contributed by atoms with Crippen LogP contribution in [0.25, 0.3) is 0 Å². The Kier molecular flexibility index (Phi) is 12.7. The fourth-order valence-electron chi connectivity index (χ4n) is 3.15. The summed E-state index contributed by atoms with van der Waals surface area (Å²) in [5.41, 5.74) is 0.660. The number of hydrogen-bond donors (Lipinski definition) is 1. The van der Waals surface area contributed by atoms with Crippen molar-refractivity contribution >= 4 is 10.1 Å². The van der Waals surface area contributed by atoms with Crippen molar-refractivity contribution in [3.05, 3.63) is 48.0 Å². The average molecular weight is 445 g/mol. The molecule has 0 aliphatic heterocycles. The second-order valence-electron chi connectivity index (χ2n) is 6.99. The Morgan fingerprint density at radius 2 is 1.45 bits per heavy atom. The van der Waals surface area contributed by atoms with E-state index >= 15 is 0 Å². The van der Waals surface area contributed by atoms with Gasteiger partial charge in [0.2, 0.25) is 0 Å². The maximum absolute atomic E-state index is 12.6. The van der Waals surface area contributed by atoms with Crippen LogP contribution >= 0.6 is 0 Å². The zero-order valence-electron chi connectivity index (χ0n) is 17.4. The molecule has 0 aliphatic carbocycles. The van der Waals surface area contributed by atoms with Gasteiger partial charge >= 0.3 is 51.4 Å². The Morgan fingerprint density at radius 3 is 2.10 bits per heavy atom. The van der Waals surface area contributed by atoms with Crippen molar-refractivity contribution in [1.82, 2.24) is 0 Å². The monoisotopic (exact) mass is 444 g/mol. The largest absolute Gasteiger partial charge is 1.00 e. The van der Waals surface area contributed by atoms with Gasteiger partial charge in [-0.2, -0.15) is 8.42 Å². The molecule has 0 bridgehead atoms. The number of para-hydroxylation sites is 2. The maximum atomic E-state index is 12.6. The fourth-order valence-corrected chi connectivity index (χ4v) is 3.77. The molecule has 0 unspecified atom stereocenters. The molecular formula is C22H29KO5S. The normalized spacial score (nSPS) is 11.1. The topological polar surface area (TPSA) is 86.7 Å². The van der Waals surface area contributed by atoms with E-state index in [0.29, 0.717) is 12.0 Å². The van der Waals surface area contributed by atoms with Crippen molar-refractivity contribution in [1.29, 1.82) is 0 Å². The molecule has 29 heavy (non-hydrogen) atoms. The molecule has 0 amide bonds. The van der Waals surface area contributed by atoms with Crippen LogP contribution in [0.2, 0.25) is 0 Å². The Morgan fingerprint density at radius 1 is 0.862 bits per heavy atom. The Balaban J connectivity index is 0.00000420. The molecule has 154 valence electrons. The van der Waals surface area contributed by atoms with Gasteiger partial charge in [-0.15, -0.1) is 0 Å². The number of ether oxygens (including phenoxy) is 1. The first-order valence-corrected chi connectivity index (χ1v) is 11.4. The zero-order valence-corrected chi connectivity index (χ0v) is 21.3. The summed E-state index contributed by atoms with van der Waals surface area (Å²) in [6.45, 7) is 2.21. The number of unbranched alkanes of at least 4 members (excludes halogenated alkanes) is 7. The van der Waals surface area contributed by atoms with Crippen molar-refractivity contribution in [3.63, 3.8) is 0 Å². The minimum absolute atomic E-state index is 0. The van der Waals surface area contributed by atoms with Gasteiger partial charge in [-0.25, -0.2) is 0 Å². The van der Waals surface area contributed by atoms with Crippen molar-refractivity contribution in [2.45, 2.75) is 69.6 Å². The second kappa shape index (κ2) is 13.8. The van der Waals surface area contributed by atoms with Crippen LogP contribution in [0, 0.1) is 0 Å². The quantitative estimate of drug-likeness (QED) is 0.309. The first kappa shape index (κ1) is 26.6. The molecule has 0 heterocycles.